The smallest absolute Gasteiger partial charge is 0.309 e. The quantitative estimate of drug-likeness (QED) is 0.250. The lowest BCUT2D eigenvalue weighted by Crippen LogP contribution is -2.45. The van der Waals surface area contributed by atoms with Crippen LogP contribution in [0.1, 0.15) is 102 Å². The van der Waals surface area contributed by atoms with E-state index < -0.39 is 16.6 Å². The zero-order valence-electron chi connectivity index (χ0n) is 29.6. The standard InChI is InChI=1S/C39H53ClN2O5S/c1-8-10-27-19-31(40)15-17-33(27)30-22-42-21-29-13-16-34(29)32(25(3)38(44)47-39(5,6)7)12-9-11-24(2)26(4)48(45)41-37(43)28-14-18-36(46-23-30)35(42)20-28/h9,12,14-15,17-20,24-26,29-30,32,34H,8,10-11,13,16,21-23H2,1-7H3,(H,41,43)/b12-9+. The van der Waals surface area contributed by atoms with Crippen LogP contribution in [0, 0.1) is 29.6 Å². The Kier molecular flexibility index (Phi) is 11.7. The summed E-state index contributed by atoms with van der Waals surface area (Å²) in [5.41, 5.74) is 3.24. The van der Waals surface area contributed by atoms with Crippen molar-refractivity contribution in [3.8, 4) is 5.75 Å². The lowest BCUT2D eigenvalue weighted by atomic mass is 9.63. The number of amides is 1. The van der Waals surface area contributed by atoms with Crippen LogP contribution in [0.2, 0.25) is 5.02 Å². The number of esters is 1. The van der Waals surface area contributed by atoms with Gasteiger partial charge in [0.2, 0.25) is 0 Å². The Morgan fingerprint density at radius 2 is 1.92 bits per heavy atom. The second kappa shape index (κ2) is 15.4. The molecule has 8 atom stereocenters. The van der Waals surface area contributed by atoms with Crippen molar-refractivity contribution in [2.45, 2.75) is 97.3 Å². The Morgan fingerprint density at radius 1 is 1.15 bits per heavy atom. The number of benzene rings is 2. The van der Waals surface area contributed by atoms with Crippen molar-refractivity contribution in [1.82, 2.24) is 4.72 Å². The molecule has 1 saturated carbocycles. The summed E-state index contributed by atoms with van der Waals surface area (Å²) in [7, 11) is -1.57. The van der Waals surface area contributed by atoms with Gasteiger partial charge >= 0.3 is 5.97 Å². The molecule has 9 heteroatoms. The highest BCUT2D eigenvalue weighted by Crippen LogP contribution is 2.46. The van der Waals surface area contributed by atoms with Crippen LogP contribution in [0.4, 0.5) is 5.69 Å². The van der Waals surface area contributed by atoms with Crippen LogP contribution in [-0.4, -0.2) is 46.6 Å². The van der Waals surface area contributed by atoms with E-state index in [0.717, 1.165) is 48.7 Å². The van der Waals surface area contributed by atoms with Crippen molar-refractivity contribution < 1.29 is 23.3 Å². The molecule has 0 spiro atoms. The monoisotopic (exact) mass is 696 g/mol. The number of anilines is 1. The fourth-order valence-corrected chi connectivity index (χ4v) is 8.61. The number of carbonyl (C=O) groups excluding carboxylic acids is 2. The number of nitrogens with one attached hydrogen (secondary N) is 1. The third-order valence-corrected chi connectivity index (χ3v) is 12.2. The lowest BCUT2D eigenvalue weighted by molar-refractivity contribution is -0.162. The van der Waals surface area contributed by atoms with Gasteiger partial charge in [-0.3, -0.25) is 14.3 Å². The number of fused-ring (bicyclic) bond motifs is 2. The highest BCUT2D eigenvalue weighted by atomic mass is 35.5. The molecule has 2 aromatic carbocycles. The number of ether oxygens (including phenoxy) is 2. The largest absolute Gasteiger partial charge is 0.491 e. The van der Waals surface area contributed by atoms with Crippen LogP contribution in [0.15, 0.2) is 48.6 Å². The predicted molar refractivity (Wildman–Crippen MR) is 195 cm³/mol. The molecule has 2 bridgehead atoms. The molecule has 8 unspecified atom stereocenters. The van der Waals surface area contributed by atoms with Crippen molar-refractivity contribution in [3.05, 3.63) is 70.3 Å². The molecule has 1 amide bonds. The number of nitrogens with zero attached hydrogens (tertiary/aromatic N) is 1. The molecule has 0 saturated heterocycles. The van der Waals surface area contributed by atoms with Gasteiger partial charge in [-0.2, -0.15) is 0 Å². The molecule has 1 fully saturated rings. The van der Waals surface area contributed by atoms with E-state index in [0.29, 0.717) is 37.0 Å². The maximum atomic E-state index is 13.5. The Morgan fingerprint density at radius 3 is 2.60 bits per heavy atom. The zero-order chi connectivity index (χ0) is 34.7. The van der Waals surface area contributed by atoms with Crippen LogP contribution in [0.5, 0.6) is 5.75 Å². The molecule has 262 valence electrons. The fraction of sp³-hybridized carbons (Fsp3) is 0.590. The Hall–Kier alpha value is -2.84. The van der Waals surface area contributed by atoms with Crippen molar-refractivity contribution in [2.75, 3.05) is 24.6 Å². The number of carbonyl (C=O) groups is 2. The molecule has 1 N–H and O–H groups in total. The zero-order valence-corrected chi connectivity index (χ0v) is 31.2. The van der Waals surface area contributed by atoms with Crippen molar-refractivity contribution in [3.63, 3.8) is 0 Å². The second-order valence-corrected chi connectivity index (χ2v) is 17.1. The first-order chi connectivity index (χ1) is 22.8. The van der Waals surface area contributed by atoms with Crippen LogP contribution < -0.4 is 14.4 Å². The maximum Gasteiger partial charge on any atom is 0.309 e. The normalized spacial score (nSPS) is 29.3. The average Bonchev–Trinajstić information content (AvgIpc) is 3.19. The third kappa shape index (κ3) is 8.47. The van der Waals surface area contributed by atoms with E-state index in [4.69, 9.17) is 21.1 Å². The molecule has 7 nitrogen and oxygen atoms in total. The van der Waals surface area contributed by atoms with Crippen LogP contribution in [0.25, 0.3) is 0 Å². The molecular formula is C39H53ClN2O5S. The first-order valence-corrected chi connectivity index (χ1v) is 19.3. The van der Waals surface area contributed by atoms with E-state index >= 15 is 0 Å². The minimum absolute atomic E-state index is 0.0106. The van der Waals surface area contributed by atoms with E-state index in [9.17, 15) is 13.8 Å². The van der Waals surface area contributed by atoms with Gasteiger partial charge in [0.15, 0.2) is 0 Å². The summed E-state index contributed by atoms with van der Waals surface area (Å²) in [6.07, 6.45) is 9.09. The maximum absolute atomic E-state index is 13.5. The third-order valence-electron chi connectivity index (χ3n) is 10.5. The van der Waals surface area contributed by atoms with Gasteiger partial charge in [-0.15, -0.1) is 0 Å². The molecular weight excluding hydrogens is 644 g/mol. The van der Waals surface area contributed by atoms with E-state index in [2.05, 4.69) is 47.8 Å². The minimum Gasteiger partial charge on any atom is -0.491 e. The summed E-state index contributed by atoms with van der Waals surface area (Å²) in [5.74, 6) is 0.689. The minimum atomic E-state index is -1.57. The summed E-state index contributed by atoms with van der Waals surface area (Å²) in [6.45, 7) is 15.9. The van der Waals surface area contributed by atoms with Gasteiger partial charge in [-0.05, 0) is 119 Å². The molecule has 3 aliphatic rings. The molecule has 2 heterocycles. The van der Waals surface area contributed by atoms with Crippen LogP contribution in [-0.2, 0) is 26.9 Å². The highest BCUT2D eigenvalue weighted by molar-refractivity contribution is 7.84. The van der Waals surface area contributed by atoms with Gasteiger partial charge in [-0.25, -0.2) is 4.21 Å². The SMILES string of the molecule is CCCc1cc(Cl)ccc1C1COc2ccc3cc2N(C1)CC1CCC1C(C(C)C(=O)OC(C)(C)C)/C=C/CC(C)C(C)S(=O)NC3=O. The number of hydrogen-bond acceptors (Lipinski definition) is 6. The molecule has 5 rings (SSSR count). The number of aryl methyl sites for hydroxylation is 1. The van der Waals surface area contributed by atoms with Crippen molar-refractivity contribution in [1.29, 1.82) is 0 Å². The average molecular weight is 697 g/mol. The number of allylic oxidation sites excluding steroid dienone is 2. The Balaban J connectivity index is 1.55. The number of hydrogen-bond donors (Lipinski definition) is 1. The van der Waals surface area contributed by atoms with Gasteiger partial charge in [0.25, 0.3) is 5.91 Å². The van der Waals surface area contributed by atoms with Crippen molar-refractivity contribution >= 4 is 40.2 Å². The van der Waals surface area contributed by atoms with Gasteiger partial charge in [0.1, 0.15) is 22.3 Å². The first kappa shape index (κ1) is 36.4. The Labute approximate surface area is 294 Å². The summed E-state index contributed by atoms with van der Waals surface area (Å²) in [4.78, 5) is 29.3. The number of rotatable bonds is 5. The lowest BCUT2D eigenvalue weighted by Gasteiger charge is -2.45. The van der Waals surface area contributed by atoms with E-state index in [1.54, 1.807) is 6.07 Å². The molecule has 2 aliphatic heterocycles. The Bertz CT molecular complexity index is 1540. The topological polar surface area (TPSA) is 84.9 Å². The molecule has 0 aromatic heterocycles. The van der Waals surface area contributed by atoms with E-state index in [-0.39, 0.29) is 40.8 Å². The molecule has 1 aliphatic carbocycles. The summed E-state index contributed by atoms with van der Waals surface area (Å²) >= 11 is 6.45. The molecule has 0 radical (unpaired) electrons. The fourth-order valence-electron chi connectivity index (χ4n) is 7.39. The summed E-state index contributed by atoms with van der Waals surface area (Å²) in [6, 6.07) is 11.7. The van der Waals surface area contributed by atoms with Gasteiger partial charge in [0, 0.05) is 29.6 Å². The first-order valence-electron chi connectivity index (χ1n) is 17.7. The summed E-state index contributed by atoms with van der Waals surface area (Å²) < 4.78 is 28.5. The predicted octanol–water partition coefficient (Wildman–Crippen LogP) is 8.27. The van der Waals surface area contributed by atoms with Gasteiger partial charge in [-0.1, -0.05) is 57.0 Å². The van der Waals surface area contributed by atoms with Crippen molar-refractivity contribution in [2.24, 2.45) is 29.6 Å². The molecule has 48 heavy (non-hydrogen) atoms. The van der Waals surface area contributed by atoms with E-state index in [1.165, 1.54) is 11.1 Å². The van der Waals surface area contributed by atoms with Gasteiger partial charge < -0.3 is 14.4 Å². The summed E-state index contributed by atoms with van der Waals surface area (Å²) in [5, 5.41) is 0.472. The van der Waals surface area contributed by atoms with Crippen LogP contribution in [0.3, 0.4) is 0 Å². The van der Waals surface area contributed by atoms with Crippen LogP contribution >= 0.6 is 11.6 Å². The molecule has 2 aromatic rings. The van der Waals surface area contributed by atoms with Gasteiger partial charge in [0.05, 0.1) is 23.5 Å². The second-order valence-electron chi connectivity index (χ2n) is 15.2. The van der Waals surface area contributed by atoms with E-state index in [1.807, 2.05) is 52.8 Å². The number of halogens is 1. The highest BCUT2D eigenvalue weighted by Gasteiger charge is 2.42.